The van der Waals surface area contributed by atoms with Crippen molar-refractivity contribution in [1.29, 1.82) is 0 Å². The molecule has 0 fully saturated rings. The minimum Gasteiger partial charge on any atom is -0.458 e. The molecule has 46 heavy (non-hydrogen) atoms. The first-order valence-electron chi connectivity index (χ1n) is 15.9. The molecule has 0 unspecified atom stereocenters. The van der Waals surface area contributed by atoms with Crippen LogP contribution in [0.5, 0.6) is 0 Å². The topological polar surface area (TPSA) is 149 Å². The quantitative estimate of drug-likeness (QED) is 0.117. The van der Waals surface area contributed by atoms with Crippen molar-refractivity contribution in [2.75, 3.05) is 47.1 Å². The van der Waals surface area contributed by atoms with Crippen molar-refractivity contribution < 1.29 is 38.2 Å². The molecule has 1 atom stereocenters. The molecular formula is C35H49N3O8. The minimum absolute atomic E-state index is 0.0170. The van der Waals surface area contributed by atoms with E-state index in [1.165, 1.54) is 25.3 Å². The Hall–Kier alpha value is -4.09. The smallest absolute Gasteiger partial charge is 0.308 e. The second-order valence-electron chi connectivity index (χ2n) is 11.0. The molecule has 2 rings (SSSR count). The Morgan fingerprint density at radius 2 is 1.28 bits per heavy atom. The molecule has 3 N–H and O–H groups in total. The third-order valence-electron chi connectivity index (χ3n) is 7.18. The van der Waals surface area contributed by atoms with E-state index in [4.69, 9.17) is 14.2 Å². The number of esters is 1. The summed E-state index contributed by atoms with van der Waals surface area (Å²) >= 11 is 0. The van der Waals surface area contributed by atoms with Crippen molar-refractivity contribution >= 4 is 29.5 Å². The predicted molar refractivity (Wildman–Crippen MR) is 174 cm³/mol. The maximum absolute atomic E-state index is 12.8. The van der Waals surface area contributed by atoms with Crippen LogP contribution in [0, 0.1) is 0 Å². The van der Waals surface area contributed by atoms with Gasteiger partial charge >= 0.3 is 5.97 Å². The number of hydrogen-bond donors (Lipinski definition) is 3. The Bertz CT molecular complexity index is 1200. The highest BCUT2D eigenvalue weighted by atomic mass is 16.5. The number of aryl methyl sites for hydroxylation is 2. The number of methoxy groups -OCH3 is 2. The lowest BCUT2D eigenvalue weighted by atomic mass is 10.0. The third kappa shape index (κ3) is 17.4. The predicted octanol–water partition coefficient (Wildman–Crippen LogP) is 2.87. The molecule has 0 saturated carbocycles. The van der Waals surface area contributed by atoms with Gasteiger partial charge in [-0.1, -0.05) is 54.6 Å². The van der Waals surface area contributed by atoms with Crippen LogP contribution in [-0.4, -0.2) is 82.6 Å². The first kappa shape index (κ1) is 38.1. The lowest BCUT2D eigenvalue weighted by molar-refractivity contribution is -0.147. The molecule has 0 aliphatic carbocycles. The zero-order chi connectivity index (χ0) is 33.4. The van der Waals surface area contributed by atoms with E-state index in [9.17, 15) is 24.0 Å². The molecule has 2 aromatic carbocycles. The van der Waals surface area contributed by atoms with Gasteiger partial charge in [0.05, 0.1) is 19.6 Å². The molecule has 11 nitrogen and oxygen atoms in total. The van der Waals surface area contributed by atoms with E-state index < -0.39 is 17.9 Å². The molecule has 252 valence electrons. The zero-order valence-corrected chi connectivity index (χ0v) is 27.1. The third-order valence-corrected chi connectivity index (χ3v) is 7.18. The fourth-order valence-electron chi connectivity index (χ4n) is 4.60. The molecule has 2 aromatic rings. The van der Waals surface area contributed by atoms with Gasteiger partial charge in [0.15, 0.2) is 5.78 Å². The summed E-state index contributed by atoms with van der Waals surface area (Å²) in [6.07, 6.45) is 5.33. The first-order chi connectivity index (χ1) is 22.3. The zero-order valence-electron chi connectivity index (χ0n) is 27.1. The Balaban J connectivity index is 1.66. The summed E-state index contributed by atoms with van der Waals surface area (Å²) < 4.78 is 14.9. The number of rotatable bonds is 24. The standard InChI is InChI=1S/C35H49N3O8/c1-44-23-19-32(40)36-21-8-13-31(38-33(41)20-24-45-2)35(43)37-22-18-34(42)46-26-30(39)25-29-16-14-28(15-17-29)12-7-6-11-27-9-4-3-5-10-27/h3-5,9-10,14-17,31H,6-8,11-13,18-26H2,1-2H3,(H,36,40)(H,37,43)(H,38,41)/t31-/m0/s1. The Morgan fingerprint density at radius 3 is 1.93 bits per heavy atom. The molecule has 0 aliphatic rings. The molecule has 3 amide bonds. The maximum atomic E-state index is 12.8. The number of carbonyl (C=O) groups is 5. The highest BCUT2D eigenvalue weighted by Crippen LogP contribution is 2.11. The molecule has 0 saturated heterocycles. The summed E-state index contributed by atoms with van der Waals surface area (Å²) in [4.78, 5) is 61.3. The fourth-order valence-corrected chi connectivity index (χ4v) is 4.60. The van der Waals surface area contributed by atoms with Crippen molar-refractivity contribution in [1.82, 2.24) is 16.0 Å². The van der Waals surface area contributed by atoms with Crippen molar-refractivity contribution in [3.8, 4) is 0 Å². The number of benzene rings is 2. The van der Waals surface area contributed by atoms with Gasteiger partial charge in [0.25, 0.3) is 0 Å². The van der Waals surface area contributed by atoms with Gasteiger partial charge < -0.3 is 30.2 Å². The summed E-state index contributed by atoms with van der Waals surface area (Å²) in [5.74, 6) is -1.81. The second kappa shape index (κ2) is 23.3. The molecule has 11 heteroatoms. The van der Waals surface area contributed by atoms with E-state index in [0.717, 1.165) is 31.2 Å². The van der Waals surface area contributed by atoms with E-state index in [1.807, 2.05) is 30.3 Å². The summed E-state index contributed by atoms with van der Waals surface area (Å²) in [6.45, 7) is 0.494. The summed E-state index contributed by atoms with van der Waals surface area (Å²) in [7, 11) is 2.99. The highest BCUT2D eigenvalue weighted by molar-refractivity contribution is 5.88. The Kier molecular flexibility index (Phi) is 19.3. The number of ether oxygens (including phenoxy) is 3. The largest absolute Gasteiger partial charge is 0.458 e. The average Bonchev–Trinajstić information content (AvgIpc) is 3.06. The Labute approximate surface area is 272 Å². The van der Waals surface area contributed by atoms with Gasteiger partial charge in [-0.15, -0.1) is 0 Å². The lowest BCUT2D eigenvalue weighted by Gasteiger charge is -2.18. The van der Waals surface area contributed by atoms with Crippen LogP contribution in [0.15, 0.2) is 54.6 Å². The summed E-state index contributed by atoms with van der Waals surface area (Å²) in [5.41, 5.74) is 3.42. The first-order valence-corrected chi connectivity index (χ1v) is 15.9. The number of ketones is 1. The SMILES string of the molecule is COCCC(=O)NCCC[C@H](NC(=O)CCOC)C(=O)NCCC(=O)OCC(=O)Cc1ccc(CCCCc2ccccc2)cc1. The minimum atomic E-state index is -0.849. The van der Waals surface area contributed by atoms with Gasteiger partial charge in [-0.25, -0.2) is 0 Å². The number of Topliss-reactive ketones (excluding diaryl/α,β-unsaturated/α-hetero) is 1. The van der Waals surface area contributed by atoms with Crippen LogP contribution in [0.25, 0.3) is 0 Å². The van der Waals surface area contributed by atoms with E-state index in [0.29, 0.717) is 19.6 Å². The van der Waals surface area contributed by atoms with E-state index in [1.54, 1.807) is 0 Å². The lowest BCUT2D eigenvalue weighted by Crippen LogP contribution is -2.47. The number of unbranched alkanes of at least 4 members (excludes halogenated alkanes) is 1. The Morgan fingerprint density at radius 1 is 0.674 bits per heavy atom. The van der Waals surface area contributed by atoms with Crippen LogP contribution >= 0.6 is 0 Å². The fraction of sp³-hybridized carbons (Fsp3) is 0.514. The molecule has 0 spiro atoms. The van der Waals surface area contributed by atoms with Crippen LogP contribution in [-0.2, 0) is 57.4 Å². The molecule has 0 aromatic heterocycles. The van der Waals surface area contributed by atoms with E-state index in [2.05, 4.69) is 40.2 Å². The van der Waals surface area contributed by atoms with Gasteiger partial charge in [0.1, 0.15) is 12.6 Å². The highest BCUT2D eigenvalue weighted by Gasteiger charge is 2.21. The van der Waals surface area contributed by atoms with Gasteiger partial charge in [0.2, 0.25) is 17.7 Å². The molecule has 0 heterocycles. The van der Waals surface area contributed by atoms with Gasteiger partial charge in [-0.05, 0) is 55.2 Å². The molecular weight excluding hydrogens is 590 g/mol. The average molecular weight is 640 g/mol. The molecule has 0 radical (unpaired) electrons. The maximum Gasteiger partial charge on any atom is 0.308 e. The number of amides is 3. The monoisotopic (exact) mass is 639 g/mol. The second-order valence-corrected chi connectivity index (χ2v) is 11.0. The normalized spacial score (nSPS) is 11.3. The van der Waals surface area contributed by atoms with Gasteiger partial charge in [0, 0.05) is 46.6 Å². The molecule has 0 bridgehead atoms. The van der Waals surface area contributed by atoms with E-state index >= 15 is 0 Å². The van der Waals surface area contributed by atoms with Crippen molar-refractivity contribution in [3.05, 3.63) is 71.3 Å². The van der Waals surface area contributed by atoms with Gasteiger partial charge in [-0.2, -0.15) is 0 Å². The summed E-state index contributed by atoms with van der Waals surface area (Å²) in [6, 6.07) is 17.5. The van der Waals surface area contributed by atoms with Gasteiger partial charge in [-0.3, -0.25) is 24.0 Å². The van der Waals surface area contributed by atoms with Crippen molar-refractivity contribution in [2.45, 2.75) is 70.3 Å². The number of carbonyl (C=O) groups excluding carboxylic acids is 5. The van der Waals surface area contributed by atoms with Crippen LogP contribution in [0.2, 0.25) is 0 Å². The molecule has 0 aliphatic heterocycles. The van der Waals surface area contributed by atoms with Crippen molar-refractivity contribution in [3.63, 3.8) is 0 Å². The van der Waals surface area contributed by atoms with Crippen LogP contribution in [0.1, 0.15) is 61.6 Å². The number of hydrogen-bond acceptors (Lipinski definition) is 8. The number of nitrogens with one attached hydrogen (secondary N) is 3. The van der Waals surface area contributed by atoms with Crippen LogP contribution < -0.4 is 16.0 Å². The van der Waals surface area contributed by atoms with E-state index in [-0.39, 0.29) is 69.5 Å². The van der Waals surface area contributed by atoms with Crippen LogP contribution in [0.4, 0.5) is 0 Å². The van der Waals surface area contributed by atoms with Crippen LogP contribution in [0.3, 0.4) is 0 Å². The van der Waals surface area contributed by atoms with Crippen molar-refractivity contribution in [2.24, 2.45) is 0 Å². The summed E-state index contributed by atoms with van der Waals surface area (Å²) in [5, 5.41) is 8.05.